The Bertz CT molecular complexity index is 299. The molecule has 0 spiro atoms. The Labute approximate surface area is 91.1 Å². The van der Waals surface area contributed by atoms with Crippen LogP contribution >= 0.6 is 15.9 Å². The first kappa shape index (κ1) is 11.6. The number of hydrogen-bond donors (Lipinski definition) is 2. The minimum absolute atomic E-state index is 0.354. The molecule has 1 rings (SSSR count). The SMILES string of the molecule is CC[C@H](O)[C@H](N)c1cc(F)cc(Br)c1. The topological polar surface area (TPSA) is 46.2 Å². The van der Waals surface area contributed by atoms with Gasteiger partial charge in [0.1, 0.15) is 5.82 Å². The van der Waals surface area contributed by atoms with E-state index in [4.69, 9.17) is 5.73 Å². The molecule has 0 amide bonds. The molecular formula is C10H13BrFNO. The third kappa shape index (κ3) is 2.77. The Balaban J connectivity index is 2.94. The zero-order chi connectivity index (χ0) is 10.7. The Morgan fingerprint density at radius 1 is 1.50 bits per heavy atom. The number of benzene rings is 1. The van der Waals surface area contributed by atoms with Crippen LogP contribution in [-0.4, -0.2) is 11.2 Å². The Kier molecular flexibility index (Phi) is 4.04. The molecule has 0 aromatic heterocycles. The van der Waals surface area contributed by atoms with Gasteiger partial charge in [0, 0.05) is 4.47 Å². The van der Waals surface area contributed by atoms with Gasteiger partial charge in [0.05, 0.1) is 12.1 Å². The number of rotatable bonds is 3. The summed E-state index contributed by atoms with van der Waals surface area (Å²) in [5, 5.41) is 9.50. The minimum atomic E-state index is -0.635. The normalized spacial score (nSPS) is 15.2. The summed E-state index contributed by atoms with van der Waals surface area (Å²) in [7, 11) is 0. The smallest absolute Gasteiger partial charge is 0.124 e. The zero-order valence-electron chi connectivity index (χ0n) is 7.87. The van der Waals surface area contributed by atoms with Crippen LogP contribution in [0.15, 0.2) is 22.7 Å². The highest BCUT2D eigenvalue weighted by Crippen LogP contribution is 2.22. The van der Waals surface area contributed by atoms with Gasteiger partial charge in [0.25, 0.3) is 0 Å². The number of aliphatic hydroxyl groups excluding tert-OH is 1. The van der Waals surface area contributed by atoms with Gasteiger partial charge in [-0.3, -0.25) is 0 Å². The van der Waals surface area contributed by atoms with E-state index >= 15 is 0 Å². The van der Waals surface area contributed by atoms with Crippen molar-refractivity contribution in [2.75, 3.05) is 0 Å². The van der Waals surface area contributed by atoms with E-state index < -0.39 is 12.1 Å². The molecule has 0 unspecified atom stereocenters. The number of aliphatic hydroxyl groups is 1. The summed E-state index contributed by atoms with van der Waals surface area (Å²) in [5.41, 5.74) is 6.35. The van der Waals surface area contributed by atoms with Crippen molar-refractivity contribution < 1.29 is 9.50 Å². The number of hydrogen-bond acceptors (Lipinski definition) is 2. The van der Waals surface area contributed by atoms with Crippen LogP contribution in [0.4, 0.5) is 4.39 Å². The predicted octanol–water partition coefficient (Wildman–Crippen LogP) is 2.36. The van der Waals surface area contributed by atoms with E-state index in [1.807, 2.05) is 6.92 Å². The molecule has 78 valence electrons. The minimum Gasteiger partial charge on any atom is -0.391 e. The van der Waals surface area contributed by atoms with Gasteiger partial charge in [0.2, 0.25) is 0 Å². The van der Waals surface area contributed by atoms with Crippen molar-refractivity contribution in [1.82, 2.24) is 0 Å². The first-order valence-corrected chi connectivity index (χ1v) is 5.23. The summed E-state index contributed by atoms with van der Waals surface area (Å²) < 4.78 is 13.6. The maximum Gasteiger partial charge on any atom is 0.124 e. The summed E-state index contributed by atoms with van der Waals surface area (Å²) >= 11 is 3.18. The largest absolute Gasteiger partial charge is 0.391 e. The summed E-state index contributed by atoms with van der Waals surface area (Å²) in [6.07, 6.45) is -0.0846. The molecule has 0 heterocycles. The zero-order valence-corrected chi connectivity index (χ0v) is 9.46. The quantitative estimate of drug-likeness (QED) is 0.878. The van der Waals surface area contributed by atoms with Crippen LogP contribution in [0.1, 0.15) is 24.9 Å². The maximum absolute atomic E-state index is 13.0. The molecule has 2 atom stereocenters. The number of halogens is 2. The van der Waals surface area contributed by atoms with Gasteiger partial charge in [-0.05, 0) is 30.2 Å². The van der Waals surface area contributed by atoms with E-state index in [-0.39, 0.29) is 5.82 Å². The monoisotopic (exact) mass is 261 g/mol. The van der Waals surface area contributed by atoms with E-state index in [0.29, 0.717) is 16.5 Å². The molecule has 0 aliphatic carbocycles. The lowest BCUT2D eigenvalue weighted by atomic mass is 10.0. The third-order valence-corrected chi connectivity index (χ3v) is 2.56. The van der Waals surface area contributed by atoms with Gasteiger partial charge in [0.15, 0.2) is 0 Å². The van der Waals surface area contributed by atoms with Crippen molar-refractivity contribution >= 4 is 15.9 Å². The second-order valence-electron chi connectivity index (χ2n) is 3.20. The molecule has 2 nitrogen and oxygen atoms in total. The Hall–Kier alpha value is -0.450. The highest BCUT2D eigenvalue weighted by atomic mass is 79.9. The predicted molar refractivity (Wildman–Crippen MR) is 57.3 cm³/mol. The van der Waals surface area contributed by atoms with Crippen LogP contribution in [0.3, 0.4) is 0 Å². The molecule has 0 bridgehead atoms. The molecule has 14 heavy (non-hydrogen) atoms. The second kappa shape index (κ2) is 4.87. The van der Waals surface area contributed by atoms with Crippen molar-refractivity contribution in [2.45, 2.75) is 25.5 Å². The van der Waals surface area contributed by atoms with Gasteiger partial charge in [-0.2, -0.15) is 0 Å². The van der Waals surface area contributed by atoms with Gasteiger partial charge < -0.3 is 10.8 Å². The van der Waals surface area contributed by atoms with Crippen molar-refractivity contribution in [3.8, 4) is 0 Å². The fourth-order valence-corrected chi connectivity index (χ4v) is 1.73. The van der Waals surface area contributed by atoms with Gasteiger partial charge in [-0.1, -0.05) is 22.9 Å². The molecule has 3 N–H and O–H groups in total. The Morgan fingerprint density at radius 2 is 2.14 bits per heavy atom. The average molecular weight is 262 g/mol. The molecule has 0 radical (unpaired) electrons. The first-order chi connectivity index (χ1) is 6.54. The molecule has 1 aromatic rings. The lowest BCUT2D eigenvalue weighted by Gasteiger charge is -2.17. The van der Waals surface area contributed by atoms with E-state index in [1.165, 1.54) is 12.1 Å². The lowest BCUT2D eigenvalue weighted by molar-refractivity contribution is 0.140. The van der Waals surface area contributed by atoms with E-state index in [0.717, 1.165) is 0 Å². The lowest BCUT2D eigenvalue weighted by Crippen LogP contribution is -2.25. The average Bonchev–Trinajstić information content (AvgIpc) is 2.14. The fraction of sp³-hybridized carbons (Fsp3) is 0.400. The number of nitrogens with two attached hydrogens (primary N) is 1. The third-order valence-electron chi connectivity index (χ3n) is 2.10. The van der Waals surface area contributed by atoms with Crippen LogP contribution in [0, 0.1) is 5.82 Å². The molecular weight excluding hydrogens is 249 g/mol. The van der Waals surface area contributed by atoms with E-state index in [9.17, 15) is 9.50 Å². The summed E-state index contributed by atoms with van der Waals surface area (Å²) in [4.78, 5) is 0. The summed E-state index contributed by atoms with van der Waals surface area (Å²) in [6.45, 7) is 1.83. The van der Waals surface area contributed by atoms with Gasteiger partial charge in [-0.15, -0.1) is 0 Å². The van der Waals surface area contributed by atoms with Crippen LogP contribution in [-0.2, 0) is 0 Å². The molecule has 0 aliphatic heterocycles. The molecule has 4 heteroatoms. The van der Waals surface area contributed by atoms with Gasteiger partial charge in [-0.25, -0.2) is 4.39 Å². The maximum atomic E-state index is 13.0. The molecule has 0 fully saturated rings. The highest BCUT2D eigenvalue weighted by Gasteiger charge is 2.15. The summed E-state index contributed by atoms with van der Waals surface area (Å²) in [6, 6.07) is 3.88. The fourth-order valence-electron chi connectivity index (χ4n) is 1.24. The van der Waals surface area contributed by atoms with E-state index in [1.54, 1.807) is 6.07 Å². The highest BCUT2D eigenvalue weighted by molar-refractivity contribution is 9.10. The van der Waals surface area contributed by atoms with Crippen LogP contribution in [0.5, 0.6) is 0 Å². The van der Waals surface area contributed by atoms with Crippen molar-refractivity contribution in [3.05, 3.63) is 34.1 Å². The van der Waals surface area contributed by atoms with Crippen LogP contribution in [0.2, 0.25) is 0 Å². The molecule has 0 saturated heterocycles. The van der Waals surface area contributed by atoms with Crippen molar-refractivity contribution in [1.29, 1.82) is 0 Å². The van der Waals surface area contributed by atoms with Gasteiger partial charge >= 0.3 is 0 Å². The second-order valence-corrected chi connectivity index (χ2v) is 4.12. The van der Waals surface area contributed by atoms with Crippen LogP contribution in [0.25, 0.3) is 0 Å². The van der Waals surface area contributed by atoms with Crippen molar-refractivity contribution in [2.24, 2.45) is 5.73 Å². The first-order valence-electron chi connectivity index (χ1n) is 4.44. The van der Waals surface area contributed by atoms with Crippen LogP contribution < -0.4 is 5.73 Å². The molecule has 0 aliphatic rings. The van der Waals surface area contributed by atoms with Crippen molar-refractivity contribution in [3.63, 3.8) is 0 Å². The van der Waals surface area contributed by atoms with E-state index in [2.05, 4.69) is 15.9 Å². The standard InChI is InChI=1S/C10H13BrFNO/c1-2-9(14)10(13)6-3-7(11)5-8(12)4-6/h3-5,9-10,14H,2,13H2,1H3/t9-,10+/m0/s1. The molecule has 0 saturated carbocycles. The summed E-state index contributed by atoms with van der Waals surface area (Å²) in [5.74, 6) is -0.354. The Morgan fingerprint density at radius 3 is 2.64 bits per heavy atom. The molecule has 1 aromatic carbocycles.